The lowest BCUT2D eigenvalue weighted by Crippen LogP contribution is -2.29. The monoisotopic (exact) mass is 386 g/mol. The summed E-state index contributed by atoms with van der Waals surface area (Å²) in [7, 11) is 0. The van der Waals surface area contributed by atoms with E-state index in [9.17, 15) is 4.79 Å². The van der Waals surface area contributed by atoms with E-state index in [1.807, 2.05) is 68.4 Å². The Morgan fingerprint density at radius 3 is 2.66 bits per heavy atom. The number of aromatic nitrogens is 4. The van der Waals surface area contributed by atoms with Crippen molar-refractivity contribution in [1.29, 1.82) is 0 Å². The molecule has 4 rings (SSSR count). The summed E-state index contributed by atoms with van der Waals surface area (Å²) in [5.41, 5.74) is 2.62. The molecule has 4 aromatic rings. The van der Waals surface area contributed by atoms with Gasteiger partial charge in [0.1, 0.15) is 12.1 Å². The number of nitrogens with one attached hydrogen (secondary N) is 2. The van der Waals surface area contributed by atoms with Crippen molar-refractivity contribution in [3.63, 3.8) is 0 Å². The highest BCUT2D eigenvalue weighted by molar-refractivity contribution is 6.06. The molecule has 0 aliphatic rings. The SMILES string of the molecule is Cc1cc(C)n(-c2cc(NCCNC(=O)c3cccc4ccccc34)ncn2)n1. The summed E-state index contributed by atoms with van der Waals surface area (Å²) in [6, 6.07) is 17.5. The highest BCUT2D eigenvalue weighted by atomic mass is 16.1. The molecule has 0 bridgehead atoms. The van der Waals surface area contributed by atoms with Crippen LogP contribution in [-0.2, 0) is 0 Å². The van der Waals surface area contributed by atoms with E-state index in [0.29, 0.717) is 30.3 Å². The fourth-order valence-electron chi connectivity index (χ4n) is 3.31. The normalized spacial score (nSPS) is 10.8. The molecular weight excluding hydrogens is 364 g/mol. The summed E-state index contributed by atoms with van der Waals surface area (Å²) in [6.07, 6.45) is 1.50. The number of carbonyl (C=O) groups excluding carboxylic acids is 1. The van der Waals surface area contributed by atoms with E-state index >= 15 is 0 Å². The largest absolute Gasteiger partial charge is 0.368 e. The zero-order valence-corrected chi connectivity index (χ0v) is 16.4. The van der Waals surface area contributed by atoms with Gasteiger partial charge in [0, 0.05) is 30.4 Å². The first kappa shape index (κ1) is 18.6. The number of amides is 1. The van der Waals surface area contributed by atoms with Crippen LogP contribution in [0.4, 0.5) is 5.82 Å². The van der Waals surface area contributed by atoms with Crippen LogP contribution in [0.15, 0.2) is 60.9 Å². The Bertz CT molecular complexity index is 1160. The van der Waals surface area contributed by atoms with Crippen LogP contribution in [0.3, 0.4) is 0 Å². The third-order valence-electron chi connectivity index (χ3n) is 4.63. The first-order valence-electron chi connectivity index (χ1n) is 9.47. The molecule has 0 saturated heterocycles. The molecule has 0 radical (unpaired) electrons. The number of fused-ring (bicyclic) bond motifs is 1. The van der Waals surface area contributed by atoms with Crippen molar-refractivity contribution >= 4 is 22.5 Å². The lowest BCUT2D eigenvalue weighted by Gasteiger charge is -2.10. The third-order valence-corrected chi connectivity index (χ3v) is 4.63. The van der Waals surface area contributed by atoms with E-state index < -0.39 is 0 Å². The Hall–Kier alpha value is -3.74. The van der Waals surface area contributed by atoms with Crippen molar-refractivity contribution in [3.8, 4) is 5.82 Å². The molecule has 0 atom stereocenters. The van der Waals surface area contributed by atoms with Gasteiger partial charge in [0.2, 0.25) is 0 Å². The highest BCUT2D eigenvalue weighted by Gasteiger charge is 2.09. The quantitative estimate of drug-likeness (QED) is 0.497. The zero-order chi connectivity index (χ0) is 20.2. The van der Waals surface area contributed by atoms with E-state index in [-0.39, 0.29) is 5.91 Å². The van der Waals surface area contributed by atoms with Gasteiger partial charge in [0.05, 0.1) is 5.69 Å². The van der Waals surface area contributed by atoms with E-state index in [1.165, 1.54) is 6.33 Å². The number of hydrogen-bond acceptors (Lipinski definition) is 5. The van der Waals surface area contributed by atoms with Gasteiger partial charge in [-0.25, -0.2) is 14.6 Å². The van der Waals surface area contributed by atoms with Crippen LogP contribution in [0.5, 0.6) is 0 Å². The van der Waals surface area contributed by atoms with Gasteiger partial charge in [-0.2, -0.15) is 5.10 Å². The summed E-state index contributed by atoms with van der Waals surface area (Å²) in [5, 5.41) is 12.6. The molecule has 0 aliphatic carbocycles. The second-order valence-electron chi connectivity index (χ2n) is 6.81. The van der Waals surface area contributed by atoms with Crippen LogP contribution in [-0.4, -0.2) is 38.7 Å². The Balaban J connectivity index is 1.37. The average molecular weight is 386 g/mol. The minimum Gasteiger partial charge on any atom is -0.368 e. The van der Waals surface area contributed by atoms with Crippen molar-refractivity contribution in [1.82, 2.24) is 25.1 Å². The zero-order valence-electron chi connectivity index (χ0n) is 16.4. The Morgan fingerprint density at radius 2 is 1.83 bits per heavy atom. The number of benzene rings is 2. The predicted molar refractivity (Wildman–Crippen MR) is 113 cm³/mol. The van der Waals surface area contributed by atoms with Gasteiger partial charge >= 0.3 is 0 Å². The summed E-state index contributed by atoms with van der Waals surface area (Å²) >= 11 is 0. The molecule has 2 aromatic carbocycles. The Morgan fingerprint density at radius 1 is 1.00 bits per heavy atom. The molecule has 29 heavy (non-hydrogen) atoms. The molecule has 0 unspecified atom stereocenters. The van der Waals surface area contributed by atoms with Crippen molar-refractivity contribution < 1.29 is 4.79 Å². The number of nitrogens with zero attached hydrogens (tertiary/aromatic N) is 4. The smallest absolute Gasteiger partial charge is 0.251 e. The predicted octanol–water partition coefficient (Wildman–Crippen LogP) is 3.27. The standard InChI is InChI=1S/C22H22N6O/c1-15-12-16(2)28(27-15)21-13-20(25-14-26-21)23-10-11-24-22(29)19-9-5-7-17-6-3-4-8-18(17)19/h3-9,12-14H,10-11H2,1-2H3,(H,24,29)(H,23,25,26). The molecule has 2 aromatic heterocycles. The molecule has 0 aliphatic heterocycles. The molecule has 2 heterocycles. The number of aryl methyl sites for hydroxylation is 2. The summed E-state index contributed by atoms with van der Waals surface area (Å²) in [6.45, 7) is 4.95. The summed E-state index contributed by atoms with van der Waals surface area (Å²) in [5.74, 6) is 1.30. The van der Waals surface area contributed by atoms with Gasteiger partial charge in [-0.05, 0) is 36.8 Å². The van der Waals surface area contributed by atoms with Gasteiger partial charge in [0.25, 0.3) is 5.91 Å². The first-order chi connectivity index (χ1) is 14.1. The van der Waals surface area contributed by atoms with E-state index in [0.717, 1.165) is 22.2 Å². The Kier molecular flexibility index (Phi) is 5.20. The number of anilines is 1. The van der Waals surface area contributed by atoms with Gasteiger partial charge < -0.3 is 10.6 Å². The van der Waals surface area contributed by atoms with Gasteiger partial charge in [-0.15, -0.1) is 0 Å². The molecular formula is C22H22N6O. The molecule has 7 heteroatoms. The third kappa shape index (κ3) is 4.08. The van der Waals surface area contributed by atoms with Crippen LogP contribution >= 0.6 is 0 Å². The van der Waals surface area contributed by atoms with E-state index in [1.54, 1.807) is 4.68 Å². The molecule has 0 fully saturated rings. The number of hydrogen-bond donors (Lipinski definition) is 2. The lowest BCUT2D eigenvalue weighted by molar-refractivity contribution is 0.0957. The minimum atomic E-state index is -0.0883. The van der Waals surface area contributed by atoms with Gasteiger partial charge in [0.15, 0.2) is 5.82 Å². The van der Waals surface area contributed by atoms with Gasteiger partial charge in [-0.1, -0.05) is 36.4 Å². The van der Waals surface area contributed by atoms with Crippen molar-refractivity contribution in [2.45, 2.75) is 13.8 Å². The fourth-order valence-corrected chi connectivity index (χ4v) is 3.31. The molecule has 146 valence electrons. The second kappa shape index (κ2) is 8.10. The van der Waals surface area contributed by atoms with Crippen LogP contribution in [0.1, 0.15) is 21.7 Å². The van der Waals surface area contributed by atoms with Crippen LogP contribution in [0, 0.1) is 13.8 Å². The van der Waals surface area contributed by atoms with Crippen molar-refractivity contribution in [3.05, 3.63) is 77.9 Å². The molecule has 0 spiro atoms. The summed E-state index contributed by atoms with van der Waals surface area (Å²) in [4.78, 5) is 21.1. The van der Waals surface area contributed by atoms with Crippen LogP contribution < -0.4 is 10.6 Å². The fraction of sp³-hybridized carbons (Fsp3) is 0.182. The molecule has 0 saturated carbocycles. The maximum absolute atomic E-state index is 12.6. The maximum atomic E-state index is 12.6. The van der Waals surface area contributed by atoms with E-state index in [2.05, 4.69) is 25.7 Å². The number of rotatable bonds is 6. The average Bonchev–Trinajstić information content (AvgIpc) is 3.09. The molecule has 2 N–H and O–H groups in total. The van der Waals surface area contributed by atoms with Crippen molar-refractivity contribution in [2.24, 2.45) is 0 Å². The number of carbonyl (C=O) groups is 1. The first-order valence-corrected chi connectivity index (χ1v) is 9.47. The van der Waals surface area contributed by atoms with Crippen LogP contribution in [0.25, 0.3) is 16.6 Å². The maximum Gasteiger partial charge on any atom is 0.251 e. The molecule has 1 amide bonds. The minimum absolute atomic E-state index is 0.0883. The molecule has 7 nitrogen and oxygen atoms in total. The van der Waals surface area contributed by atoms with E-state index in [4.69, 9.17) is 0 Å². The lowest BCUT2D eigenvalue weighted by atomic mass is 10.0. The van der Waals surface area contributed by atoms with Crippen molar-refractivity contribution in [2.75, 3.05) is 18.4 Å². The van der Waals surface area contributed by atoms with Crippen LogP contribution in [0.2, 0.25) is 0 Å². The topological polar surface area (TPSA) is 84.7 Å². The second-order valence-corrected chi connectivity index (χ2v) is 6.81. The summed E-state index contributed by atoms with van der Waals surface area (Å²) < 4.78 is 1.78. The van der Waals surface area contributed by atoms with Gasteiger partial charge in [-0.3, -0.25) is 4.79 Å². The highest BCUT2D eigenvalue weighted by Crippen LogP contribution is 2.18. The Labute approximate surface area is 168 Å².